The third-order valence-corrected chi connectivity index (χ3v) is 17.6. The number of ether oxygens (including phenoxy) is 8. The number of benzene rings is 2. The second-order valence-electron chi connectivity index (χ2n) is 24.6. The van der Waals surface area contributed by atoms with Gasteiger partial charge in [-0.3, -0.25) is 38.5 Å². The summed E-state index contributed by atoms with van der Waals surface area (Å²) in [6.45, 7) is 24.4. The molecule has 26 heteroatoms. The summed E-state index contributed by atoms with van der Waals surface area (Å²) in [5.74, 6) is -3.24. The largest absolute Gasteiger partial charge is 0.495 e. The van der Waals surface area contributed by atoms with Crippen LogP contribution < -0.4 is 20.7 Å². The zero-order valence-electron chi connectivity index (χ0n) is 55.2. The molecule has 0 bridgehead atoms. The van der Waals surface area contributed by atoms with Crippen LogP contribution in [-0.4, -0.2) is 202 Å². The summed E-state index contributed by atoms with van der Waals surface area (Å²) in [5, 5.41) is 9.29. The summed E-state index contributed by atoms with van der Waals surface area (Å²) in [6.07, 6.45) is 2.69. The molecular formula is C66H97ClN6O18S. The van der Waals surface area contributed by atoms with Gasteiger partial charge < -0.3 is 63.6 Å². The van der Waals surface area contributed by atoms with Gasteiger partial charge in [-0.15, -0.1) is 16.8 Å². The second kappa shape index (κ2) is 38.9. The SMILES string of the molecule is CCC(=O)N1CCN(Cc2ccc([C@H]3O[C@@H]3[C@@H](C)[C@@H]3C/C=C/C(=O)N[C@H](Cc4ccc(OC)c(Cl)c4)C(=O)NCC(C)(C)C(=O)O[C@@H](CC(C)C)C(=O)O3)cc2)CC1.CCC(C)(C)SCC(=O)NCCOCCOCCOCCOCCC(=O)ON1C(=O)CCC1=O. The minimum Gasteiger partial charge on any atom is -0.495 e. The van der Waals surface area contributed by atoms with Crippen LogP contribution in [0, 0.1) is 17.3 Å². The van der Waals surface area contributed by atoms with Crippen molar-refractivity contribution < 1.29 is 85.9 Å². The van der Waals surface area contributed by atoms with Gasteiger partial charge in [-0.05, 0) is 67.5 Å². The standard InChI is InChI=1S/C44H59ClN4O9.C22H38N2O9S/c1-8-38(51)49-20-18-48(19-21-49)25-29-12-15-31(16-13-29)40-39(58-40)28(4)34-10-9-11-37(50)47-33(24-30-14-17-35(55-7)32(45)23-30)41(52)46-26-44(5,6)43(54)57-36(22-27(2)3)42(53)56-34;1-4-22(2,3)34-17-18(25)23-8-10-30-12-14-32-16-15-31-13-11-29-9-7-21(28)33-24-19(26)5-6-20(24)27/h9,11-17,23,27-28,33-34,36,39-40H,8,10,18-22,24-26H2,1-7H3,(H,46,52)(H,47,50);4-17H2,1-3H3,(H,23,25)/b11-9+;/t28-,33+,34-,36-,39+,40+;/m0./s1. The van der Waals surface area contributed by atoms with Crippen LogP contribution in [0.3, 0.4) is 0 Å². The molecule has 2 aromatic rings. The van der Waals surface area contributed by atoms with Crippen molar-refractivity contribution >= 4 is 76.7 Å². The Kier molecular flexibility index (Phi) is 32.3. The number of cyclic esters (lactones) is 2. The maximum Gasteiger partial charge on any atom is 0.347 e. The number of imide groups is 1. The first-order valence-corrected chi connectivity index (χ1v) is 33.2. The molecule has 0 aromatic heterocycles. The van der Waals surface area contributed by atoms with E-state index in [0.29, 0.717) is 79.8 Å². The predicted octanol–water partition coefficient (Wildman–Crippen LogP) is 6.27. The van der Waals surface area contributed by atoms with E-state index in [1.807, 2.05) is 32.6 Å². The zero-order chi connectivity index (χ0) is 67.4. The van der Waals surface area contributed by atoms with Gasteiger partial charge in [0, 0.05) is 88.6 Å². The van der Waals surface area contributed by atoms with Gasteiger partial charge in [-0.2, -0.15) is 0 Å². The lowest BCUT2D eigenvalue weighted by Gasteiger charge is -2.34. The molecule has 2 aromatic carbocycles. The van der Waals surface area contributed by atoms with E-state index < -0.39 is 65.2 Å². The first kappa shape index (κ1) is 76.5. The Morgan fingerprint density at radius 3 is 2.04 bits per heavy atom. The summed E-state index contributed by atoms with van der Waals surface area (Å²) in [7, 11) is 1.51. The molecule has 4 heterocycles. The van der Waals surface area contributed by atoms with E-state index in [4.69, 9.17) is 54.3 Å². The number of hydrogen-bond acceptors (Lipinski definition) is 20. The van der Waals surface area contributed by atoms with Crippen LogP contribution in [0.1, 0.15) is 130 Å². The molecule has 3 saturated heterocycles. The number of nitrogens with zero attached hydrogens (tertiary/aromatic N) is 3. The summed E-state index contributed by atoms with van der Waals surface area (Å²) in [5.41, 5.74) is 1.64. The minimum atomic E-state index is -1.22. The van der Waals surface area contributed by atoms with E-state index >= 15 is 0 Å². The number of piperazine rings is 1. The number of amides is 6. The number of nitrogens with one attached hydrogen (secondary N) is 3. The zero-order valence-corrected chi connectivity index (χ0v) is 56.8. The van der Waals surface area contributed by atoms with E-state index in [0.717, 1.165) is 44.7 Å². The topological polar surface area (TPSA) is 286 Å². The van der Waals surface area contributed by atoms with Crippen LogP contribution in [-0.2, 0) is 94.1 Å². The van der Waals surface area contributed by atoms with Gasteiger partial charge >= 0.3 is 17.9 Å². The fourth-order valence-electron chi connectivity index (χ4n) is 9.67. The Bertz CT molecular complexity index is 2760. The maximum absolute atomic E-state index is 13.8. The van der Waals surface area contributed by atoms with Gasteiger partial charge in [0.1, 0.15) is 24.0 Å². The Morgan fingerprint density at radius 2 is 1.45 bits per heavy atom. The number of methoxy groups -OCH3 is 1. The number of hydrogen-bond donors (Lipinski definition) is 3. The maximum atomic E-state index is 13.8. The second-order valence-corrected chi connectivity index (χ2v) is 26.7. The number of hydroxylamine groups is 2. The number of carbonyl (C=O) groups excluding carboxylic acids is 9. The summed E-state index contributed by atoms with van der Waals surface area (Å²) in [4.78, 5) is 121. The predicted molar refractivity (Wildman–Crippen MR) is 344 cm³/mol. The highest BCUT2D eigenvalue weighted by atomic mass is 35.5. The highest BCUT2D eigenvalue weighted by molar-refractivity contribution is 8.01. The lowest BCUT2D eigenvalue weighted by atomic mass is 9.92. The molecule has 3 N–H and O–H groups in total. The van der Waals surface area contributed by atoms with Gasteiger partial charge in [-0.1, -0.05) is 96.5 Å². The first-order valence-electron chi connectivity index (χ1n) is 31.8. The van der Waals surface area contributed by atoms with Crippen molar-refractivity contribution in [1.29, 1.82) is 0 Å². The third kappa shape index (κ3) is 26.7. The fraction of sp³-hybridized carbons (Fsp3) is 0.652. The van der Waals surface area contributed by atoms with Crippen LogP contribution in [0.25, 0.3) is 0 Å². The average molecular weight is 1330 g/mol. The van der Waals surface area contributed by atoms with Crippen LogP contribution >= 0.6 is 23.4 Å². The van der Waals surface area contributed by atoms with Crippen LogP contribution in [0.15, 0.2) is 54.6 Å². The summed E-state index contributed by atoms with van der Waals surface area (Å²) in [6, 6.07) is 12.4. The van der Waals surface area contributed by atoms with Gasteiger partial charge in [-0.25, -0.2) is 9.59 Å². The van der Waals surface area contributed by atoms with Crippen molar-refractivity contribution in [1.82, 2.24) is 30.8 Å². The molecule has 0 saturated carbocycles. The van der Waals surface area contributed by atoms with E-state index in [1.165, 1.54) is 18.7 Å². The molecule has 0 spiro atoms. The van der Waals surface area contributed by atoms with Crippen LogP contribution in [0.5, 0.6) is 5.75 Å². The van der Waals surface area contributed by atoms with Crippen LogP contribution in [0.2, 0.25) is 5.02 Å². The van der Waals surface area contributed by atoms with Gasteiger partial charge in [0.2, 0.25) is 23.6 Å². The number of carbonyl (C=O) groups is 9. The average Bonchev–Trinajstić information content (AvgIpc) is 1.63. The van der Waals surface area contributed by atoms with Crippen molar-refractivity contribution in [3.05, 3.63) is 76.3 Å². The number of thioether (sulfide) groups is 1. The first-order chi connectivity index (χ1) is 43.8. The number of esters is 2. The molecule has 24 nitrogen and oxygen atoms in total. The molecule has 4 aliphatic rings. The minimum absolute atomic E-state index is 0.000531. The Balaban J connectivity index is 0.000000386. The molecule has 6 rings (SSSR count). The van der Waals surface area contributed by atoms with E-state index in [2.05, 4.69) is 65.9 Å². The Morgan fingerprint density at radius 1 is 0.826 bits per heavy atom. The monoisotopic (exact) mass is 1330 g/mol. The normalized spacial score (nSPS) is 21.5. The lowest BCUT2D eigenvalue weighted by Crippen LogP contribution is -2.51. The molecule has 92 heavy (non-hydrogen) atoms. The quantitative estimate of drug-likeness (QED) is 0.0325. The van der Waals surface area contributed by atoms with Crippen molar-refractivity contribution in [2.75, 3.05) is 105 Å². The smallest absolute Gasteiger partial charge is 0.347 e. The summed E-state index contributed by atoms with van der Waals surface area (Å²) >= 11 is 8.01. The van der Waals surface area contributed by atoms with E-state index in [9.17, 15) is 43.2 Å². The molecule has 0 aliphatic carbocycles. The molecule has 6 atom stereocenters. The highest BCUT2D eigenvalue weighted by Crippen LogP contribution is 2.45. The molecule has 512 valence electrons. The van der Waals surface area contributed by atoms with E-state index in [-0.39, 0.29) is 98.9 Å². The third-order valence-electron chi connectivity index (χ3n) is 15.8. The molecule has 0 radical (unpaired) electrons. The Hall–Kier alpha value is -6.19. The number of rotatable bonds is 31. The molecule has 6 amide bonds. The lowest BCUT2D eigenvalue weighted by molar-refractivity contribution is -0.198. The van der Waals surface area contributed by atoms with Gasteiger partial charge in [0.15, 0.2) is 6.10 Å². The molecule has 4 aliphatic heterocycles. The van der Waals surface area contributed by atoms with Crippen molar-refractivity contribution in [3.8, 4) is 5.75 Å². The van der Waals surface area contributed by atoms with Crippen molar-refractivity contribution in [3.63, 3.8) is 0 Å². The van der Waals surface area contributed by atoms with Gasteiger partial charge in [0.25, 0.3) is 11.8 Å². The summed E-state index contributed by atoms with van der Waals surface area (Å²) < 4.78 is 45.0. The number of halogens is 1. The molecular weight excluding hydrogens is 1230 g/mol. The molecule has 3 fully saturated rings. The van der Waals surface area contributed by atoms with Crippen molar-refractivity contribution in [2.24, 2.45) is 17.3 Å². The van der Waals surface area contributed by atoms with E-state index in [1.54, 1.807) is 49.9 Å². The van der Waals surface area contributed by atoms with Gasteiger partial charge in [0.05, 0.1) is 88.7 Å². The number of epoxide rings is 1. The Labute approximate surface area is 550 Å². The van der Waals surface area contributed by atoms with Crippen LogP contribution in [0.4, 0.5) is 0 Å². The highest BCUT2D eigenvalue weighted by Gasteiger charge is 2.48. The molecule has 0 unspecified atom stereocenters. The fourth-order valence-corrected chi connectivity index (χ4v) is 10.8. The van der Waals surface area contributed by atoms with Crippen molar-refractivity contribution in [2.45, 2.75) is 155 Å².